The molecule has 0 unspecified atom stereocenters. The topological polar surface area (TPSA) is 43.4 Å². The molecule has 0 radical (unpaired) electrons. The van der Waals surface area contributed by atoms with E-state index in [4.69, 9.17) is 4.42 Å². The van der Waals surface area contributed by atoms with Crippen LogP contribution in [0.25, 0.3) is 21.9 Å². The highest BCUT2D eigenvalue weighted by Crippen LogP contribution is 2.36. The number of hydrogen-bond donors (Lipinski definition) is 0. The highest BCUT2D eigenvalue weighted by molar-refractivity contribution is 6.06. The van der Waals surface area contributed by atoms with Crippen molar-refractivity contribution in [3.05, 3.63) is 53.9 Å². The first-order chi connectivity index (χ1) is 11.1. The second-order valence-corrected chi connectivity index (χ2v) is 6.01. The summed E-state index contributed by atoms with van der Waals surface area (Å²) in [4.78, 5) is 4.10. The number of hydrogen-bond acceptors (Lipinski definition) is 4. The summed E-state index contributed by atoms with van der Waals surface area (Å²) in [6.45, 7) is 4.19. The van der Waals surface area contributed by atoms with Gasteiger partial charge >= 0.3 is 0 Å². The Hall–Kier alpha value is -2.93. The summed E-state index contributed by atoms with van der Waals surface area (Å²) >= 11 is 0. The Labute approximate surface area is 134 Å². The average Bonchev–Trinajstić information content (AvgIpc) is 3.05. The molecule has 0 spiro atoms. The Morgan fingerprint density at radius 3 is 2.65 bits per heavy atom. The van der Waals surface area contributed by atoms with Crippen LogP contribution in [0.4, 0.5) is 5.69 Å². The number of allylic oxidation sites excluding steroid dienone is 1. The Balaban J connectivity index is 1.92. The third-order valence-corrected chi connectivity index (χ3v) is 4.69. The van der Waals surface area contributed by atoms with E-state index in [0.29, 0.717) is 5.70 Å². The first-order valence-corrected chi connectivity index (χ1v) is 7.65. The van der Waals surface area contributed by atoms with E-state index in [2.05, 4.69) is 43.0 Å². The Kier molecular flexibility index (Phi) is 2.85. The largest absolute Gasteiger partial charge is 0.456 e. The third-order valence-electron chi connectivity index (χ3n) is 4.69. The number of furan rings is 1. The smallest absolute Gasteiger partial charge is 0.137 e. The Morgan fingerprint density at radius 1 is 1.13 bits per heavy atom. The molecule has 0 saturated heterocycles. The molecule has 0 amide bonds. The monoisotopic (exact) mass is 303 g/mol. The van der Waals surface area contributed by atoms with Crippen molar-refractivity contribution in [2.75, 3.05) is 11.9 Å². The van der Waals surface area contributed by atoms with Crippen LogP contribution in [0.5, 0.6) is 0 Å². The van der Waals surface area contributed by atoms with Crippen molar-refractivity contribution in [1.29, 1.82) is 5.26 Å². The highest BCUT2D eigenvalue weighted by Gasteiger charge is 2.28. The molecule has 0 fully saturated rings. The van der Waals surface area contributed by atoms with Crippen LogP contribution < -0.4 is 4.90 Å². The zero-order valence-corrected chi connectivity index (χ0v) is 13.4. The van der Waals surface area contributed by atoms with E-state index < -0.39 is 0 Å². The van der Waals surface area contributed by atoms with E-state index in [-0.39, 0.29) is 6.17 Å². The second kappa shape index (κ2) is 4.79. The molecule has 1 aliphatic heterocycles. The van der Waals surface area contributed by atoms with E-state index in [0.717, 1.165) is 27.6 Å². The van der Waals surface area contributed by atoms with Crippen molar-refractivity contribution < 1.29 is 4.42 Å². The standard InChI is InChI=1S/C19H17N3O/c1-12-8-16-15-6-4-5-7-18(15)23-19(16)9-17(12)22-11-14(10-20)21(3)13(22)2/h4-9,11,13H,1-3H3/t13-/m0/s1. The summed E-state index contributed by atoms with van der Waals surface area (Å²) in [6, 6.07) is 14.6. The first kappa shape index (κ1) is 13.7. The average molecular weight is 303 g/mol. The van der Waals surface area contributed by atoms with Crippen LogP contribution in [0.2, 0.25) is 0 Å². The third kappa shape index (κ3) is 1.90. The van der Waals surface area contributed by atoms with Gasteiger partial charge < -0.3 is 14.2 Å². The summed E-state index contributed by atoms with van der Waals surface area (Å²) in [6.07, 6.45) is 2.01. The molecule has 1 atom stereocenters. The molecular weight excluding hydrogens is 286 g/mol. The molecule has 2 aromatic carbocycles. The van der Waals surface area contributed by atoms with Gasteiger partial charge in [0.2, 0.25) is 0 Å². The fraction of sp³-hybridized carbons (Fsp3) is 0.211. The molecule has 0 saturated carbocycles. The zero-order valence-electron chi connectivity index (χ0n) is 13.4. The van der Waals surface area contributed by atoms with E-state index in [9.17, 15) is 5.26 Å². The minimum Gasteiger partial charge on any atom is -0.456 e. The van der Waals surface area contributed by atoms with E-state index >= 15 is 0 Å². The molecular formula is C19H17N3O. The quantitative estimate of drug-likeness (QED) is 0.670. The summed E-state index contributed by atoms with van der Waals surface area (Å²) in [5.74, 6) is 0. The maximum atomic E-state index is 9.25. The summed E-state index contributed by atoms with van der Waals surface area (Å²) in [7, 11) is 1.94. The molecule has 23 heavy (non-hydrogen) atoms. The van der Waals surface area contributed by atoms with Crippen molar-refractivity contribution in [3.63, 3.8) is 0 Å². The molecule has 0 N–H and O–H groups in total. The van der Waals surface area contributed by atoms with Crippen molar-refractivity contribution >= 4 is 27.6 Å². The Morgan fingerprint density at radius 2 is 1.91 bits per heavy atom. The summed E-state index contributed by atoms with van der Waals surface area (Å²) in [5.41, 5.74) is 4.68. The van der Waals surface area contributed by atoms with Gasteiger partial charge in [0.1, 0.15) is 29.1 Å². The SMILES string of the molecule is Cc1cc2c(cc1N1C=C(C#N)N(C)[C@@H]1C)oc1ccccc12. The zero-order chi connectivity index (χ0) is 16.1. The molecule has 0 bridgehead atoms. The highest BCUT2D eigenvalue weighted by atomic mass is 16.3. The fourth-order valence-electron chi connectivity index (χ4n) is 3.24. The van der Waals surface area contributed by atoms with Gasteiger partial charge in [-0.05, 0) is 31.5 Å². The van der Waals surface area contributed by atoms with Gasteiger partial charge in [0.05, 0.1) is 0 Å². The number of anilines is 1. The predicted molar refractivity (Wildman–Crippen MR) is 91.9 cm³/mol. The number of fused-ring (bicyclic) bond motifs is 3. The number of nitriles is 1. The molecule has 3 aromatic rings. The van der Waals surface area contributed by atoms with Crippen LogP contribution in [-0.2, 0) is 0 Å². The van der Waals surface area contributed by atoms with Gasteiger partial charge in [0, 0.05) is 35.8 Å². The molecule has 1 aromatic heterocycles. The lowest BCUT2D eigenvalue weighted by Crippen LogP contribution is -2.34. The van der Waals surface area contributed by atoms with E-state index in [1.54, 1.807) is 0 Å². The fourth-order valence-corrected chi connectivity index (χ4v) is 3.24. The van der Waals surface area contributed by atoms with Crippen molar-refractivity contribution in [2.45, 2.75) is 20.0 Å². The second-order valence-electron chi connectivity index (χ2n) is 6.01. The molecule has 2 heterocycles. The van der Waals surface area contributed by atoms with Crippen LogP contribution >= 0.6 is 0 Å². The Bertz CT molecular complexity index is 993. The van der Waals surface area contributed by atoms with Gasteiger partial charge in [-0.15, -0.1) is 0 Å². The number of aryl methyl sites for hydroxylation is 1. The first-order valence-electron chi connectivity index (χ1n) is 7.65. The number of nitrogens with zero attached hydrogens (tertiary/aromatic N) is 3. The number of para-hydroxylation sites is 1. The summed E-state index contributed by atoms with van der Waals surface area (Å²) < 4.78 is 6.00. The van der Waals surface area contributed by atoms with Gasteiger partial charge in [-0.25, -0.2) is 0 Å². The van der Waals surface area contributed by atoms with Crippen LogP contribution in [-0.4, -0.2) is 18.1 Å². The van der Waals surface area contributed by atoms with Gasteiger partial charge in [0.15, 0.2) is 0 Å². The maximum Gasteiger partial charge on any atom is 0.137 e. The van der Waals surface area contributed by atoms with Crippen LogP contribution in [0.15, 0.2) is 52.7 Å². The molecule has 4 rings (SSSR count). The normalized spacial score (nSPS) is 17.8. The number of rotatable bonds is 1. The lowest BCUT2D eigenvalue weighted by atomic mass is 10.1. The van der Waals surface area contributed by atoms with Gasteiger partial charge in [-0.1, -0.05) is 18.2 Å². The van der Waals surface area contributed by atoms with Gasteiger partial charge in [-0.3, -0.25) is 0 Å². The van der Waals surface area contributed by atoms with Crippen molar-refractivity contribution in [2.24, 2.45) is 0 Å². The minimum absolute atomic E-state index is 0.102. The minimum atomic E-state index is 0.102. The van der Waals surface area contributed by atoms with Gasteiger partial charge in [0.25, 0.3) is 0 Å². The molecule has 4 nitrogen and oxygen atoms in total. The number of benzene rings is 2. The maximum absolute atomic E-state index is 9.25. The van der Waals surface area contributed by atoms with Crippen LogP contribution in [0.3, 0.4) is 0 Å². The predicted octanol–water partition coefficient (Wildman–Crippen LogP) is 4.36. The van der Waals surface area contributed by atoms with Gasteiger partial charge in [-0.2, -0.15) is 5.26 Å². The van der Waals surface area contributed by atoms with Crippen LogP contribution in [0, 0.1) is 18.3 Å². The van der Waals surface area contributed by atoms with Crippen molar-refractivity contribution in [3.8, 4) is 6.07 Å². The lowest BCUT2D eigenvalue weighted by molar-refractivity contribution is 0.367. The van der Waals surface area contributed by atoms with Crippen LogP contribution in [0.1, 0.15) is 12.5 Å². The molecule has 1 aliphatic rings. The van der Waals surface area contributed by atoms with E-state index in [1.165, 1.54) is 5.56 Å². The molecule has 4 heteroatoms. The van der Waals surface area contributed by atoms with Crippen molar-refractivity contribution in [1.82, 2.24) is 4.90 Å². The lowest BCUT2D eigenvalue weighted by Gasteiger charge is -2.28. The molecule has 0 aliphatic carbocycles. The van der Waals surface area contributed by atoms with E-state index in [1.807, 2.05) is 36.3 Å². The molecule has 114 valence electrons. The summed E-state index contributed by atoms with van der Waals surface area (Å²) in [5, 5.41) is 11.5.